The Morgan fingerprint density at radius 2 is 1.86 bits per heavy atom. The first-order valence-electron chi connectivity index (χ1n) is 13.9. The topological polar surface area (TPSA) is 60.9 Å². The zero-order valence-electron chi connectivity index (χ0n) is 22.0. The molecule has 192 valence electrons. The van der Waals surface area contributed by atoms with Crippen LogP contribution in [0.2, 0.25) is 0 Å². The Hall–Kier alpha value is -2.96. The molecule has 0 radical (unpaired) electrons. The summed E-state index contributed by atoms with van der Waals surface area (Å²) in [4.78, 5) is 27.3. The number of aryl methyl sites for hydroxylation is 1. The van der Waals surface area contributed by atoms with Gasteiger partial charge in [-0.1, -0.05) is 18.6 Å². The summed E-state index contributed by atoms with van der Waals surface area (Å²) in [6.07, 6.45) is 7.75. The number of aromatic amines is 1. The van der Waals surface area contributed by atoms with Crippen LogP contribution in [-0.2, 0) is 10.2 Å². The van der Waals surface area contributed by atoms with Gasteiger partial charge >= 0.3 is 0 Å². The number of aliphatic imine (C=N–C) groups is 1. The van der Waals surface area contributed by atoms with E-state index in [1.165, 1.54) is 36.1 Å². The Balaban J connectivity index is 1.33. The van der Waals surface area contributed by atoms with Crippen molar-refractivity contribution in [2.45, 2.75) is 50.5 Å². The molecule has 0 amide bonds. The Kier molecular flexibility index (Phi) is 5.52. The van der Waals surface area contributed by atoms with E-state index in [1.807, 2.05) is 6.21 Å². The van der Waals surface area contributed by atoms with Gasteiger partial charge in [0.05, 0.1) is 5.56 Å². The van der Waals surface area contributed by atoms with Crippen LogP contribution in [0.1, 0.15) is 70.4 Å². The van der Waals surface area contributed by atoms with Gasteiger partial charge in [0.1, 0.15) is 0 Å². The zero-order valence-corrected chi connectivity index (χ0v) is 22.0. The van der Waals surface area contributed by atoms with Gasteiger partial charge in [-0.15, -0.1) is 0 Å². The number of aromatic nitrogens is 1. The fourth-order valence-electron chi connectivity index (χ4n) is 7.25. The first kappa shape index (κ1) is 23.2. The van der Waals surface area contributed by atoms with Gasteiger partial charge in [0.15, 0.2) is 5.78 Å². The lowest BCUT2D eigenvalue weighted by Gasteiger charge is -2.45. The molecule has 2 saturated heterocycles. The summed E-state index contributed by atoms with van der Waals surface area (Å²) in [7, 11) is 1.79. The van der Waals surface area contributed by atoms with Gasteiger partial charge in [-0.3, -0.25) is 14.7 Å². The van der Waals surface area contributed by atoms with Gasteiger partial charge in [-0.25, -0.2) is 0 Å². The van der Waals surface area contributed by atoms with E-state index in [-0.39, 0.29) is 11.2 Å². The number of piperazine rings is 1. The van der Waals surface area contributed by atoms with Crippen LogP contribution in [0.15, 0.2) is 35.3 Å². The van der Waals surface area contributed by atoms with Crippen molar-refractivity contribution in [2.24, 2.45) is 4.99 Å². The Morgan fingerprint density at radius 1 is 1.08 bits per heavy atom. The lowest BCUT2D eigenvalue weighted by molar-refractivity contribution is 0.0602. The van der Waals surface area contributed by atoms with E-state index < -0.39 is 0 Å². The van der Waals surface area contributed by atoms with Crippen molar-refractivity contribution in [3.63, 3.8) is 0 Å². The molecule has 37 heavy (non-hydrogen) atoms. The lowest BCUT2D eigenvalue weighted by atomic mass is 9.64. The highest BCUT2D eigenvalue weighted by atomic mass is 16.5. The van der Waals surface area contributed by atoms with Crippen LogP contribution in [-0.4, -0.2) is 74.4 Å². The van der Waals surface area contributed by atoms with Crippen LogP contribution in [0, 0.1) is 6.92 Å². The molecule has 7 rings (SSSR count). The molecule has 1 N–H and O–H groups in total. The molecule has 1 aromatic heterocycles. The highest BCUT2D eigenvalue weighted by Gasteiger charge is 2.47. The highest BCUT2D eigenvalue weighted by Crippen LogP contribution is 2.50. The average Bonchev–Trinajstić information content (AvgIpc) is 3.27. The number of ether oxygens (including phenoxy) is 1. The summed E-state index contributed by atoms with van der Waals surface area (Å²) in [5.74, 6) is 0.148. The van der Waals surface area contributed by atoms with E-state index in [9.17, 15) is 4.79 Å². The van der Waals surface area contributed by atoms with Crippen LogP contribution in [0.5, 0.6) is 0 Å². The van der Waals surface area contributed by atoms with Crippen molar-refractivity contribution in [1.82, 2.24) is 9.88 Å². The van der Waals surface area contributed by atoms with Gasteiger partial charge in [0.2, 0.25) is 0 Å². The van der Waals surface area contributed by atoms with Crippen molar-refractivity contribution in [3.8, 4) is 0 Å². The molecule has 3 aromatic rings. The Morgan fingerprint density at radius 3 is 2.57 bits per heavy atom. The zero-order chi connectivity index (χ0) is 25.1. The molecule has 6 heteroatoms. The second kappa shape index (κ2) is 8.81. The minimum absolute atomic E-state index is 0.148. The summed E-state index contributed by atoms with van der Waals surface area (Å²) in [5, 5.41) is 1.01. The molecule has 0 unspecified atom stereocenters. The van der Waals surface area contributed by atoms with E-state index in [4.69, 9.17) is 4.74 Å². The molecule has 4 aliphatic rings. The van der Waals surface area contributed by atoms with E-state index in [0.717, 1.165) is 78.3 Å². The van der Waals surface area contributed by atoms with Crippen molar-refractivity contribution in [1.29, 1.82) is 0 Å². The van der Waals surface area contributed by atoms with Gasteiger partial charge in [0.25, 0.3) is 0 Å². The molecule has 2 aliphatic carbocycles. The Bertz CT molecular complexity index is 1400. The molecule has 0 bridgehead atoms. The van der Waals surface area contributed by atoms with Crippen LogP contribution < -0.4 is 4.90 Å². The summed E-state index contributed by atoms with van der Waals surface area (Å²) in [6, 6.07) is 11.6. The van der Waals surface area contributed by atoms with Crippen LogP contribution in [0.4, 0.5) is 5.69 Å². The smallest absolute Gasteiger partial charge is 0.195 e. The first-order chi connectivity index (χ1) is 18.1. The number of rotatable bonds is 3. The van der Waals surface area contributed by atoms with Gasteiger partial charge in [-0.05, 0) is 67.5 Å². The summed E-state index contributed by atoms with van der Waals surface area (Å²) < 4.78 is 5.87. The third-order valence-corrected chi connectivity index (χ3v) is 9.50. The maximum Gasteiger partial charge on any atom is 0.195 e. The van der Waals surface area contributed by atoms with Gasteiger partial charge in [0, 0.05) is 92.0 Å². The number of nitrogens with zero attached hydrogens (tertiary/aromatic N) is 3. The molecule has 6 nitrogen and oxygen atoms in total. The number of benzene rings is 2. The summed E-state index contributed by atoms with van der Waals surface area (Å²) >= 11 is 0. The number of fused-ring (bicyclic) bond motifs is 6. The molecule has 0 atom stereocenters. The fourth-order valence-corrected chi connectivity index (χ4v) is 7.25. The van der Waals surface area contributed by atoms with Crippen molar-refractivity contribution in [2.75, 3.05) is 51.3 Å². The first-order valence-corrected chi connectivity index (χ1v) is 13.9. The quantitative estimate of drug-likeness (QED) is 0.527. The minimum atomic E-state index is -0.231. The van der Waals surface area contributed by atoms with Crippen molar-refractivity contribution < 1.29 is 9.53 Å². The highest BCUT2D eigenvalue weighted by molar-refractivity contribution is 6.20. The molecule has 3 fully saturated rings. The standard InChI is InChI=1S/C31H36N4O2/c1-20-16-24-25(18-27(20)35-12-10-34(11-13-35)22-4-3-5-22)31(8-14-37-15-9-31)30-28(29(24)36)23-7-6-21(19-32-2)17-26(23)33-30/h6-7,16-19,22,33H,3-5,8-15H2,1-2H3. The maximum atomic E-state index is 14.1. The van der Waals surface area contributed by atoms with Gasteiger partial charge < -0.3 is 14.6 Å². The predicted octanol–water partition coefficient (Wildman–Crippen LogP) is 4.84. The number of hydrogen-bond donors (Lipinski definition) is 1. The fraction of sp³-hybridized carbons (Fsp3) is 0.484. The number of anilines is 1. The summed E-state index contributed by atoms with van der Waals surface area (Å²) in [5.41, 5.74) is 8.33. The molecule has 2 aromatic carbocycles. The Labute approximate surface area is 218 Å². The third kappa shape index (κ3) is 3.52. The number of hydrogen-bond acceptors (Lipinski definition) is 5. The van der Waals surface area contributed by atoms with E-state index in [2.05, 4.69) is 57.0 Å². The third-order valence-electron chi connectivity index (χ3n) is 9.50. The van der Waals surface area contributed by atoms with Crippen LogP contribution in [0.3, 0.4) is 0 Å². The average molecular weight is 497 g/mol. The normalized spacial score (nSPS) is 22.0. The molecular weight excluding hydrogens is 460 g/mol. The number of carbonyl (C=O) groups excluding carboxylic acids is 1. The van der Waals surface area contributed by atoms with E-state index >= 15 is 0 Å². The monoisotopic (exact) mass is 496 g/mol. The number of carbonyl (C=O) groups is 1. The lowest BCUT2D eigenvalue weighted by Crippen LogP contribution is -2.52. The maximum absolute atomic E-state index is 14.1. The van der Waals surface area contributed by atoms with Crippen molar-refractivity contribution >= 4 is 28.6 Å². The largest absolute Gasteiger partial charge is 0.381 e. The van der Waals surface area contributed by atoms with E-state index in [1.54, 1.807) is 7.05 Å². The molecule has 2 aliphatic heterocycles. The second-order valence-electron chi connectivity index (χ2n) is 11.4. The molecule has 1 spiro atoms. The van der Waals surface area contributed by atoms with Gasteiger partial charge in [-0.2, -0.15) is 0 Å². The minimum Gasteiger partial charge on any atom is -0.381 e. The van der Waals surface area contributed by atoms with Crippen molar-refractivity contribution in [3.05, 3.63) is 63.8 Å². The number of nitrogens with one attached hydrogen (secondary N) is 1. The SMILES string of the molecule is CN=Cc1ccc2c3c([nH]c2c1)C1(CCOCC1)c1cc(N2CCN(C4CCC4)CC2)c(C)cc1C3=O. The van der Waals surface area contributed by atoms with E-state index in [0.29, 0.717) is 13.2 Å². The number of ketones is 1. The number of H-pyrrole nitrogens is 1. The molecule has 3 heterocycles. The summed E-state index contributed by atoms with van der Waals surface area (Å²) in [6.45, 7) is 7.97. The van der Waals surface area contributed by atoms with Crippen LogP contribution in [0.25, 0.3) is 10.9 Å². The molecular formula is C31H36N4O2. The van der Waals surface area contributed by atoms with Crippen LogP contribution >= 0.6 is 0 Å². The second-order valence-corrected chi connectivity index (χ2v) is 11.4. The predicted molar refractivity (Wildman–Crippen MR) is 149 cm³/mol. The molecule has 1 saturated carbocycles.